The van der Waals surface area contributed by atoms with Crippen LogP contribution >= 0.6 is 0 Å². The Labute approximate surface area is 105 Å². The fraction of sp³-hybridized carbons (Fsp3) is 0.636. The van der Waals surface area contributed by atoms with E-state index >= 15 is 0 Å². The number of aryl methyl sites for hydroxylation is 1. The number of nitro groups is 1. The largest absolute Gasteiger partial charge is 0.361 e. The van der Waals surface area contributed by atoms with Crippen molar-refractivity contribution in [2.75, 3.05) is 17.7 Å². The monoisotopic (exact) mass is 251 g/mol. The highest BCUT2D eigenvalue weighted by Crippen LogP contribution is 2.35. The van der Waals surface area contributed by atoms with Gasteiger partial charge in [-0.25, -0.2) is 4.98 Å². The van der Waals surface area contributed by atoms with Crippen molar-refractivity contribution < 1.29 is 4.92 Å². The molecule has 1 aromatic rings. The third kappa shape index (κ3) is 2.49. The summed E-state index contributed by atoms with van der Waals surface area (Å²) in [5.41, 5.74) is 0.325. The highest BCUT2D eigenvalue weighted by atomic mass is 16.6. The fourth-order valence-electron chi connectivity index (χ4n) is 1.93. The zero-order chi connectivity index (χ0) is 13.3. The van der Waals surface area contributed by atoms with Crippen LogP contribution in [0.3, 0.4) is 0 Å². The van der Waals surface area contributed by atoms with Crippen molar-refractivity contribution >= 4 is 17.5 Å². The summed E-state index contributed by atoms with van der Waals surface area (Å²) in [6, 6.07) is 0.197. The van der Waals surface area contributed by atoms with Crippen LogP contribution in [-0.2, 0) is 0 Å². The van der Waals surface area contributed by atoms with E-state index in [0.29, 0.717) is 23.4 Å². The number of anilines is 2. The summed E-state index contributed by atoms with van der Waals surface area (Å²) < 4.78 is 0. The molecule has 7 nitrogen and oxygen atoms in total. The first-order valence-electron chi connectivity index (χ1n) is 6.00. The van der Waals surface area contributed by atoms with Crippen LogP contribution in [0.2, 0.25) is 0 Å². The maximum Gasteiger partial charge on any atom is 0.332 e. The predicted octanol–water partition coefficient (Wildman–Crippen LogP) is 1.95. The fourth-order valence-corrected chi connectivity index (χ4v) is 1.93. The van der Waals surface area contributed by atoms with Gasteiger partial charge >= 0.3 is 5.69 Å². The Morgan fingerprint density at radius 2 is 2.11 bits per heavy atom. The molecule has 0 radical (unpaired) electrons. The van der Waals surface area contributed by atoms with Gasteiger partial charge in [-0.15, -0.1) is 0 Å². The van der Waals surface area contributed by atoms with Gasteiger partial charge in [-0.1, -0.05) is 0 Å². The van der Waals surface area contributed by atoms with Gasteiger partial charge in [-0.2, -0.15) is 4.98 Å². The van der Waals surface area contributed by atoms with Gasteiger partial charge in [0.15, 0.2) is 0 Å². The van der Waals surface area contributed by atoms with E-state index < -0.39 is 4.92 Å². The molecule has 1 heterocycles. The van der Waals surface area contributed by atoms with E-state index in [1.165, 1.54) is 12.8 Å². The number of nitrogens with one attached hydrogen (secondary N) is 2. The van der Waals surface area contributed by atoms with Crippen molar-refractivity contribution in [3.8, 4) is 0 Å². The molecular weight excluding hydrogens is 234 g/mol. The summed E-state index contributed by atoms with van der Waals surface area (Å²) in [5.74, 6) is 1.29. The average molecular weight is 251 g/mol. The SMILES string of the molecule is CNc1nc(C)c([N+](=O)[O-])c(NC(C)C2CC2)n1. The normalized spacial score (nSPS) is 16.2. The van der Waals surface area contributed by atoms with Crippen LogP contribution in [0.15, 0.2) is 0 Å². The minimum atomic E-state index is -0.434. The summed E-state index contributed by atoms with van der Waals surface area (Å²) in [5, 5.41) is 17.0. The molecule has 0 amide bonds. The standard InChI is InChI=1S/C11H17N5O2/c1-6(8-4-5-8)13-10-9(16(17)18)7(2)14-11(12-3)15-10/h6,8H,4-5H2,1-3H3,(H2,12,13,14,15). The smallest absolute Gasteiger partial charge is 0.332 e. The summed E-state index contributed by atoms with van der Waals surface area (Å²) >= 11 is 0. The molecule has 1 aliphatic carbocycles. The van der Waals surface area contributed by atoms with Gasteiger partial charge in [0, 0.05) is 13.1 Å². The lowest BCUT2D eigenvalue weighted by atomic mass is 10.2. The first kappa shape index (κ1) is 12.5. The molecule has 0 aliphatic heterocycles. The maximum atomic E-state index is 11.1. The molecule has 98 valence electrons. The average Bonchev–Trinajstić information content (AvgIpc) is 3.11. The molecule has 0 bridgehead atoms. The molecule has 0 spiro atoms. The summed E-state index contributed by atoms with van der Waals surface area (Å²) in [7, 11) is 1.69. The summed E-state index contributed by atoms with van der Waals surface area (Å²) in [4.78, 5) is 18.8. The summed E-state index contributed by atoms with van der Waals surface area (Å²) in [6.07, 6.45) is 2.34. The molecular formula is C11H17N5O2. The van der Waals surface area contributed by atoms with Crippen molar-refractivity contribution in [2.24, 2.45) is 5.92 Å². The van der Waals surface area contributed by atoms with Crippen molar-refractivity contribution in [3.63, 3.8) is 0 Å². The molecule has 2 rings (SSSR count). The number of hydrogen-bond acceptors (Lipinski definition) is 6. The molecule has 1 unspecified atom stereocenters. The van der Waals surface area contributed by atoms with E-state index in [-0.39, 0.29) is 11.7 Å². The highest BCUT2D eigenvalue weighted by molar-refractivity contribution is 5.61. The number of aromatic nitrogens is 2. The van der Waals surface area contributed by atoms with Gasteiger partial charge in [0.25, 0.3) is 0 Å². The van der Waals surface area contributed by atoms with E-state index in [4.69, 9.17) is 0 Å². The van der Waals surface area contributed by atoms with Crippen molar-refractivity contribution in [2.45, 2.75) is 32.7 Å². The van der Waals surface area contributed by atoms with Crippen LogP contribution in [-0.4, -0.2) is 28.0 Å². The molecule has 7 heteroatoms. The van der Waals surface area contributed by atoms with Gasteiger partial charge < -0.3 is 10.6 Å². The second-order valence-electron chi connectivity index (χ2n) is 4.61. The van der Waals surface area contributed by atoms with E-state index in [1.807, 2.05) is 6.92 Å². The van der Waals surface area contributed by atoms with Crippen LogP contribution in [0.1, 0.15) is 25.5 Å². The second-order valence-corrected chi connectivity index (χ2v) is 4.61. The lowest BCUT2D eigenvalue weighted by Gasteiger charge is -2.14. The third-order valence-electron chi connectivity index (χ3n) is 3.16. The molecule has 1 aromatic heterocycles. The van der Waals surface area contributed by atoms with Gasteiger partial charge in [-0.05, 0) is 32.6 Å². The van der Waals surface area contributed by atoms with Crippen LogP contribution in [0.25, 0.3) is 0 Å². The topological polar surface area (TPSA) is 93.0 Å². The van der Waals surface area contributed by atoms with Crippen LogP contribution in [0, 0.1) is 23.0 Å². The molecule has 1 aliphatic rings. The van der Waals surface area contributed by atoms with E-state index in [2.05, 4.69) is 20.6 Å². The number of nitrogens with zero attached hydrogens (tertiary/aromatic N) is 3. The Morgan fingerprint density at radius 1 is 1.44 bits per heavy atom. The third-order valence-corrected chi connectivity index (χ3v) is 3.16. The lowest BCUT2D eigenvalue weighted by Crippen LogP contribution is -2.20. The number of rotatable bonds is 5. The van der Waals surface area contributed by atoms with Gasteiger partial charge in [0.05, 0.1) is 4.92 Å². The Kier molecular flexibility index (Phi) is 3.31. The Morgan fingerprint density at radius 3 is 2.61 bits per heavy atom. The molecule has 2 N–H and O–H groups in total. The molecule has 18 heavy (non-hydrogen) atoms. The number of hydrogen-bond donors (Lipinski definition) is 2. The molecule has 0 aromatic carbocycles. The molecule has 0 saturated heterocycles. The zero-order valence-electron chi connectivity index (χ0n) is 10.7. The first-order valence-corrected chi connectivity index (χ1v) is 6.00. The zero-order valence-corrected chi connectivity index (χ0v) is 10.7. The van der Waals surface area contributed by atoms with Crippen LogP contribution in [0.5, 0.6) is 0 Å². The molecule has 1 fully saturated rings. The van der Waals surface area contributed by atoms with Gasteiger partial charge in [0.2, 0.25) is 11.8 Å². The van der Waals surface area contributed by atoms with Crippen LogP contribution in [0.4, 0.5) is 17.5 Å². The van der Waals surface area contributed by atoms with E-state index in [0.717, 1.165) is 0 Å². The highest BCUT2D eigenvalue weighted by Gasteiger charge is 2.31. The second kappa shape index (κ2) is 4.75. The molecule has 1 atom stereocenters. The minimum Gasteiger partial charge on any atom is -0.361 e. The van der Waals surface area contributed by atoms with E-state index in [9.17, 15) is 10.1 Å². The Balaban J connectivity index is 2.34. The van der Waals surface area contributed by atoms with Crippen molar-refractivity contribution in [1.82, 2.24) is 9.97 Å². The Bertz CT molecular complexity index is 473. The lowest BCUT2D eigenvalue weighted by molar-refractivity contribution is -0.385. The van der Waals surface area contributed by atoms with Gasteiger partial charge in [0.1, 0.15) is 5.69 Å². The maximum absolute atomic E-state index is 11.1. The molecule has 1 saturated carbocycles. The van der Waals surface area contributed by atoms with Crippen LogP contribution < -0.4 is 10.6 Å². The first-order chi connectivity index (χ1) is 8.52. The van der Waals surface area contributed by atoms with Gasteiger partial charge in [-0.3, -0.25) is 10.1 Å². The quantitative estimate of drug-likeness (QED) is 0.613. The predicted molar refractivity (Wildman–Crippen MR) is 68.8 cm³/mol. The van der Waals surface area contributed by atoms with E-state index in [1.54, 1.807) is 14.0 Å². The van der Waals surface area contributed by atoms with Crippen molar-refractivity contribution in [1.29, 1.82) is 0 Å². The summed E-state index contributed by atoms with van der Waals surface area (Å²) in [6.45, 7) is 3.64. The minimum absolute atomic E-state index is 0.0403. The Hall–Kier alpha value is -1.92. The van der Waals surface area contributed by atoms with Crippen molar-refractivity contribution in [3.05, 3.63) is 15.8 Å².